The number of thiazole rings is 1. The molecule has 0 unspecified atom stereocenters. The van der Waals surface area contributed by atoms with Crippen LogP contribution in [0.2, 0.25) is 0 Å². The molecule has 0 bridgehead atoms. The zero-order chi connectivity index (χ0) is 10.6. The molecule has 0 saturated carbocycles. The highest BCUT2D eigenvalue weighted by molar-refractivity contribution is 7.11. The van der Waals surface area contributed by atoms with Crippen molar-refractivity contribution in [1.29, 1.82) is 0 Å². The number of hydrogen-bond acceptors (Lipinski definition) is 3. The fourth-order valence-corrected chi connectivity index (χ4v) is 1.97. The van der Waals surface area contributed by atoms with E-state index in [1.54, 1.807) is 23.3 Å². The predicted molar refractivity (Wildman–Crippen MR) is 58.2 cm³/mol. The van der Waals surface area contributed by atoms with Gasteiger partial charge in [-0.25, -0.2) is 4.98 Å². The molecule has 0 radical (unpaired) electrons. The van der Waals surface area contributed by atoms with E-state index in [0.29, 0.717) is 6.54 Å². The van der Waals surface area contributed by atoms with Crippen LogP contribution in [0.1, 0.15) is 16.8 Å². The molecule has 3 nitrogen and oxygen atoms in total. The van der Waals surface area contributed by atoms with Crippen molar-refractivity contribution in [2.24, 2.45) is 0 Å². The first-order valence-corrected chi connectivity index (χ1v) is 5.30. The number of aromatic nitrogens is 1. The molecule has 76 valence electrons. The first-order chi connectivity index (χ1) is 6.67. The molecule has 1 aromatic heterocycles. The number of nitrogens with zero attached hydrogens (tertiary/aromatic N) is 2. The molecular weight excluding hydrogens is 196 g/mol. The van der Waals surface area contributed by atoms with Crippen molar-refractivity contribution in [2.75, 3.05) is 7.05 Å². The summed E-state index contributed by atoms with van der Waals surface area (Å²) < 4.78 is 0. The minimum absolute atomic E-state index is 0.0588. The lowest BCUT2D eigenvalue weighted by Gasteiger charge is -2.12. The van der Waals surface area contributed by atoms with Gasteiger partial charge in [-0.1, -0.05) is 13.5 Å². The van der Waals surface area contributed by atoms with E-state index in [0.717, 1.165) is 16.3 Å². The quantitative estimate of drug-likeness (QED) is 0.711. The first-order valence-electron chi connectivity index (χ1n) is 4.48. The second-order valence-corrected chi connectivity index (χ2v) is 4.17. The Bertz CT molecular complexity index is 333. The average Bonchev–Trinajstić information content (AvgIpc) is 2.64. The molecule has 0 saturated heterocycles. The Morgan fingerprint density at radius 2 is 2.50 bits per heavy atom. The normalized spacial score (nSPS) is 9.86. The molecule has 1 aromatic rings. The summed E-state index contributed by atoms with van der Waals surface area (Å²) in [6.45, 7) is 6.13. The smallest absolute Gasteiger partial charge is 0.246 e. The van der Waals surface area contributed by atoms with Crippen molar-refractivity contribution >= 4 is 17.2 Å². The maximum absolute atomic E-state index is 11.2. The van der Waals surface area contributed by atoms with Crippen molar-refractivity contribution in [3.05, 3.63) is 28.7 Å². The van der Waals surface area contributed by atoms with Crippen molar-refractivity contribution in [3.63, 3.8) is 0 Å². The van der Waals surface area contributed by atoms with Gasteiger partial charge in [0.2, 0.25) is 5.91 Å². The van der Waals surface area contributed by atoms with E-state index in [2.05, 4.69) is 18.5 Å². The summed E-state index contributed by atoms with van der Waals surface area (Å²) in [6, 6.07) is 0. The van der Waals surface area contributed by atoms with Gasteiger partial charge in [-0.3, -0.25) is 4.79 Å². The Kier molecular flexibility index (Phi) is 3.83. The summed E-state index contributed by atoms with van der Waals surface area (Å²) in [7, 11) is 1.76. The van der Waals surface area contributed by atoms with Gasteiger partial charge in [0.05, 0.1) is 11.6 Å². The lowest BCUT2D eigenvalue weighted by atomic mass is 10.4. The van der Waals surface area contributed by atoms with Crippen molar-refractivity contribution in [2.45, 2.75) is 19.9 Å². The average molecular weight is 210 g/mol. The molecular formula is C10H14N2OS. The molecule has 1 amide bonds. The lowest BCUT2D eigenvalue weighted by molar-refractivity contribution is -0.125. The fraction of sp³-hybridized carbons (Fsp3) is 0.400. The Hall–Kier alpha value is -1.16. The van der Waals surface area contributed by atoms with Gasteiger partial charge in [-0.2, -0.15) is 0 Å². The standard InChI is InChI=1S/C10H14N2OS/c1-4-9-11-6-8(14-9)7-12(3)10(13)5-2/h5-6H,2,4,7H2,1,3H3. The zero-order valence-electron chi connectivity index (χ0n) is 8.49. The van der Waals surface area contributed by atoms with Crippen LogP contribution in [0.4, 0.5) is 0 Å². The minimum Gasteiger partial charge on any atom is -0.337 e. The van der Waals surface area contributed by atoms with Crippen LogP contribution >= 0.6 is 11.3 Å². The van der Waals surface area contributed by atoms with Gasteiger partial charge in [-0.15, -0.1) is 11.3 Å². The van der Waals surface area contributed by atoms with Crippen LogP contribution in [-0.2, 0) is 17.8 Å². The summed E-state index contributed by atoms with van der Waals surface area (Å²) in [5.41, 5.74) is 0. The maximum Gasteiger partial charge on any atom is 0.246 e. The third-order valence-electron chi connectivity index (χ3n) is 1.85. The molecule has 0 aromatic carbocycles. The third-order valence-corrected chi connectivity index (χ3v) is 2.97. The second kappa shape index (κ2) is 4.91. The van der Waals surface area contributed by atoms with E-state index in [-0.39, 0.29) is 5.91 Å². The van der Waals surface area contributed by atoms with Gasteiger partial charge in [0.1, 0.15) is 0 Å². The minimum atomic E-state index is -0.0588. The van der Waals surface area contributed by atoms with Crippen molar-refractivity contribution < 1.29 is 4.79 Å². The summed E-state index contributed by atoms with van der Waals surface area (Å²) >= 11 is 1.65. The number of aryl methyl sites for hydroxylation is 1. The van der Waals surface area contributed by atoms with Crippen LogP contribution in [0.15, 0.2) is 18.9 Å². The van der Waals surface area contributed by atoms with Gasteiger partial charge < -0.3 is 4.90 Å². The molecule has 0 aliphatic heterocycles. The summed E-state index contributed by atoms with van der Waals surface area (Å²) in [5, 5.41) is 1.11. The van der Waals surface area contributed by atoms with E-state index in [9.17, 15) is 4.79 Å². The predicted octanol–water partition coefficient (Wildman–Crippen LogP) is 1.85. The van der Waals surface area contributed by atoms with E-state index in [1.165, 1.54) is 6.08 Å². The number of carbonyl (C=O) groups is 1. The Labute approximate surface area is 88.1 Å². The van der Waals surface area contributed by atoms with Gasteiger partial charge in [0.25, 0.3) is 0 Å². The topological polar surface area (TPSA) is 33.2 Å². The van der Waals surface area contributed by atoms with E-state index < -0.39 is 0 Å². The highest BCUT2D eigenvalue weighted by Gasteiger charge is 2.07. The zero-order valence-corrected chi connectivity index (χ0v) is 9.30. The van der Waals surface area contributed by atoms with Gasteiger partial charge in [0.15, 0.2) is 0 Å². The number of hydrogen-bond donors (Lipinski definition) is 0. The molecule has 0 N–H and O–H groups in total. The number of rotatable bonds is 4. The number of likely N-dealkylation sites (N-methyl/N-ethyl adjacent to an activating group) is 1. The molecule has 0 aliphatic carbocycles. The maximum atomic E-state index is 11.2. The van der Waals surface area contributed by atoms with Crippen molar-refractivity contribution in [3.8, 4) is 0 Å². The Balaban J connectivity index is 2.59. The molecule has 4 heteroatoms. The molecule has 1 rings (SSSR count). The van der Waals surface area contributed by atoms with Gasteiger partial charge in [-0.05, 0) is 12.5 Å². The molecule has 0 spiro atoms. The third kappa shape index (κ3) is 2.67. The van der Waals surface area contributed by atoms with E-state index in [4.69, 9.17) is 0 Å². The monoisotopic (exact) mass is 210 g/mol. The van der Waals surface area contributed by atoms with Crippen LogP contribution in [0.25, 0.3) is 0 Å². The van der Waals surface area contributed by atoms with Crippen LogP contribution in [-0.4, -0.2) is 22.8 Å². The van der Waals surface area contributed by atoms with Gasteiger partial charge >= 0.3 is 0 Å². The van der Waals surface area contributed by atoms with Crippen LogP contribution < -0.4 is 0 Å². The van der Waals surface area contributed by atoms with Crippen LogP contribution in [0.5, 0.6) is 0 Å². The van der Waals surface area contributed by atoms with Gasteiger partial charge in [0, 0.05) is 18.1 Å². The Morgan fingerprint density at radius 3 is 3.00 bits per heavy atom. The Morgan fingerprint density at radius 1 is 1.79 bits per heavy atom. The highest BCUT2D eigenvalue weighted by atomic mass is 32.1. The molecule has 0 aliphatic rings. The van der Waals surface area contributed by atoms with E-state index in [1.807, 2.05) is 6.20 Å². The lowest BCUT2D eigenvalue weighted by Crippen LogP contribution is -2.23. The van der Waals surface area contributed by atoms with Crippen LogP contribution in [0, 0.1) is 0 Å². The largest absolute Gasteiger partial charge is 0.337 e. The van der Waals surface area contributed by atoms with Crippen LogP contribution in [0.3, 0.4) is 0 Å². The van der Waals surface area contributed by atoms with E-state index >= 15 is 0 Å². The summed E-state index contributed by atoms with van der Waals surface area (Å²) in [5.74, 6) is -0.0588. The summed E-state index contributed by atoms with van der Waals surface area (Å²) in [4.78, 5) is 18.1. The van der Waals surface area contributed by atoms with Crippen molar-refractivity contribution in [1.82, 2.24) is 9.88 Å². The number of carbonyl (C=O) groups excluding carboxylic acids is 1. The number of amides is 1. The SMILES string of the molecule is C=CC(=O)N(C)Cc1cnc(CC)s1. The summed E-state index contributed by atoms with van der Waals surface area (Å²) in [6.07, 6.45) is 4.10. The second-order valence-electron chi connectivity index (χ2n) is 2.97. The first kappa shape index (κ1) is 10.9. The molecule has 1 heterocycles. The molecule has 14 heavy (non-hydrogen) atoms. The highest BCUT2D eigenvalue weighted by Crippen LogP contribution is 2.14. The molecule has 0 fully saturated rings. The fourth-order valence-electron chi connectivity index (χ4n) is 1.05. The molecule has 0 atom stereocenters.